The molecule has 4 aromatic carbocycles. The molecular formula is C42H48N4O6. The molecule has 0 aliphatic heterocycles. The largest absolute Gasteiger partial charge is 0.506 e. The molecule has 0 spiro atoms. The van der Waals surface area contributed by atoms with E-state index in [9.17, 15) is 19.8 Å². The summed E-state index contributed by atoms with van der Waals surface area (Å²) in [6.07, 6.45) is 5.47. The van der Waals surface area contributed by atoms with Crippen molar-refractivity contribution in [1.82, 2.24) is 10.3 Å². The van der Waals surface area contributed by atoms with E-state index in [-0.39, 0.29) is 23.5 Å². The fourth-order valence-corrected chi connectivity index (χ4v) is 6.72. The molecule has 52 heavy (non-hydrogen) atoms. The van der Waals surface area contributed by atoms with Crippen LogP contribution in [0.2, 0.25) is 0 Å². The number of carbonyl (C=O) groups excluding carboxylic acids is 1. The van der Waals surface area contributed by atoms with Gasteiger partial charge in [0, 0.05) is 29.6 Å². The molecule has 1 aromatic heterocycles. The number of phenols is 1. The molecule has 7 N–H and O–H groups in total. The number of aromatic nitrogens is 1. The summed E-state index contributed by atoms with van der Waals surface area (Å²) in [4.78, 5) is 27.2. The van der Waals surface area contributed by atoms with Crippen LogP contribution in [0.3, 0.4) is 0 Å². The molecule has 10 heteroatoms. The number of pyridine rings is 1. The molecule has 10 nitrogen and oxygen atoms in total. The molecule has 0 radical (unpaired) electrons. The first kappa shape index (κ1) is 36.6. The highest BCUT2D eigenvalue weighted by molar-refractivity contribution is 5.92. The molecule has 1 heterocycles. The van der Waals surface area contributed by atoms with Crippen LogP contribution in [-0.2, 0) is 17.6 Å². The highest BCUT2D eigenvalue weighted by atomic mass is 16.6. The molecule has 1 aliphatic carbocycles. The van der Waals surface area contributed by atoms with Gasteiger partial charge in [0.2, 0.25) is 5.56 Å². The minimum Gasteiger partial charge on any atom is -0.506 e. The van der Waals surface area contributed by atoms with Crippen LogP contribution in [-0.4, -0.2) is 53.1 Å². The average Bonchev–Trinajstić information content (AvgIpc) is 3.15. The van der Waals surface area contributed by atoms with E-state index < -0.39 is 12.2 Å². The molecule has 6 rings (SSSR count). The lowest BCUT2D eigenvalue weighted by molar-refractivity contribution is 0.0826. The Morgan fingerprint density at radius 1 is 0.885 bits per heavy atom. The highest BCUT2D eigenvalue weighted by Gasteiger charge is 2.22. The quantitative estimate of drug-likeness (QED) is 0.0637. The summed E-state index contributed by atoms with van der Waals surface area (Å²) in [6.45, 7) is 1.60. The van der Waals surface area contributed by atoms with E-state index in [0.29, 0.717) is 36.2 Å². The van der Waals surface area contributed by atoms with Crippen molar-refractivity contribution in [2.45, 2.75) is 69.6 Å². The Kier molecular flexibility index (Phi) is 12.6. The van der Waals surface area contributed by atoms with Crippen LogP contribution in [0.5, 0.6) is 11.5 Å². The van der Waals surface area contributed by atoms with Crippen molar-refractivity contribution in [2.75, 3.05) is 25.0 Å². The number of unbranched alkanes of at least 4 members (excludes halogenated alkanes) is 1. The van der Waals surface area contributed by atoms with Gasteiger partial charge in [-0.3, -0.25) is 10.1 Å². The summed E-state index contributed by atoms with van der Waals surface area (Å²) >= 11 is 0. The minimum absolute atomic E-state index is 0.0291. The van der Waals surface area contributed by atoms with Gasteiger partial charge in [-0.05, 0) is 110 Å². The van der Waals surface area contributed by atoms with E-state index in [1.165, 1.54) is 12.1 Å². The van der Waals surface area contributed by atoms with Crippen LogP contribution in [0.4, 0.5) is 10.5 Å². The van der Waals surface area contributed by atoms with E-state index in [4.69, 9.17) is 15.2 Å². The predicted octanol–water partition coefficient (Wildman–Crippen LogP) is 6.99. The van der Waals surface area contributed by atoms with Gasteiger partial charge in [0.15, 0.2) is 0 Å². The number of aliphatic hydroxyl groups excluding tert-OH is 1. The molecule has 1 fully saturated rings. The number of aryl methyl sites for hydroxylation is 1. The number of H-pyrrole nitrogens is 1. The maximum atomic E-state index is 12.9. The van der Waals surface area contributed by atoms with Crippen molar-refractivity contribution in [2.24, 2.45) is 5.73 Å². The number of carbonyl (C=O) groups is 1. The summed E-state index contributed by atoms with van der Waals surface area (Å²) in [7, 11) is 0. The lowest BCUT2D eigenvalue weighted by atomic mass is 9.94. The maximum absolute atomic E-state index is 12.9. The van der Waals surface area contributed by atoms with Crippen LogP contribution >= 0.6 is 0 Å². The third-order valence-electron chi connectivity index (χ3n) is 9.64. The van der Waals surface area contributed by atoms with Gasteiger partial charge in [-0.25, -0.2) is 4.79 Å². The number of benzene rings is 4. The monoisotopic (exact) mass is 704 g/mol. The zero-order valence-electron chi connectivity index (χ0n) is 29.4. The molecule has 272 valence electrons. The highest BCUT2D eigenvalue weighted by Crippen LogP contribution is 2.31. The Hall–Kier alpha value is -5.16. The van der Waals surface area contributed by atoms with E-state index in [2.05, 4.69) is 27.8 Å². The number of hydrogen-bond donors (Lipinski definition) is 6. The Labute approximate surface area is 304 Å². The number of nitrogens with two attached hydrogens (primary N) is 1. The zero-order chi connectivity index (χ0) is 36.3. The van der Waals surface area contributed by atoms with Gasteiger partial charge in [0.25, 0.3) is 0 Å². The van der Waals surface area contributed by atoms with Crippen molar-refractivity contribution in [3.05, 3.63) is 124 Å². The van der Waals surface area contributed by atoms with Gasteiger partial charge < -0.3 is 35.7 Å². The van der Waals surface area contributed by atoms with Crippen LogP contribution < -0.4 is 26.7 Å². The number of phenolic OH excluding ortho intramolecular Hbond substituents is 1. The molecule has 5 aromatic rings. The number of anilines is 1. The number of aromatic amines is 1. The van der Waals surface area contributed by atoms with E-state index >= 15 is 0 Å². The molecule has 1 aliphatic rings. The predicted molar refractivity (Wildman–Crippen MR) is 205 cm³/mol. The SMILES string of the molecule is NC1CCC(OC(=O)Nc2cc(CCCCOc3ccc(CCNC[C@H](O)c4ccc(O)c5[nH]c(=O)ccc45)cc3)ccc2-c2ccccc2)CC1. The molecular weight excluding hydrogens is 656 g/mol. The second-order valence-electron chi connectivity index (χ2n) is 13.5. The average molecular weight is 705 g/mol. The van der Waals surface area contributed by atoms with Crippen LogP contribution in [0.1, 0.15) is 61.3 Å². The number of rotatable bonds is 15. The Morgan fingerprint density at radius 2 is 1.65 bits per heavy atom. The normalized spacial score (nSPS) is 16.3. The second kappa shape index (κ2) is 17.9. The first-order valence-electron chi connectivity index (χ1n) is 18.2. The number of nitrogens with one attached hydrogen (secondary N) is 3. The van der Waals surface area contributed by atoms with E-state index in [1.54, 1.807) is 12.1 Å². The van der Waals surface area contributed by atoms with Gasteiger partial charge in [-0.15, -0.1) is 0 Å². The standard InChI is InChI=1S/C42H48N4O6/c43-31-12-16-33(17-13-31)52-42(50)45-37-26-29(11-18-34(37)30-7-2-1-3-8-30)6-4-5-25-51-32-14-9-28(10-15-32)23-24-44-27-39(48)35-19-21-38(47)41-36(35)20-22-40(49)46-41/h1-3,7-11,14-15,18-22,26,31,33,39,44,47-48H,4-6,12-13,16-17,23-25,27,43H2,(H,45,50)(H,46,49)/t31?,33?,39-/m0/s1. The fraction of sp³-hybridized carbons (Fsp3) is 0.333. The summed E-state index contributed by atoms with van der Waals surface area (Å²) in [5, 5.41) is 27.8. The lowest BCUT2D eigenvalue weighted by Gasteiger charge is -2.26. The first-order valence-corrected chi connectivity index (χ1v) is 18.2. The number of fused-ring (bicyclic) bond motifs is 1. The molecule has 1 atom stereocenters. The zero-order valence-corrected chi connectivity index (χ0v) is 29.4. The Bertz CT molecular complexity index is 1970. The minimum atomic E-state index is -0.799. The van der Waals surface area contributed by atoms with Gasteiger partial charge in [0.1, 0.15) is 17.6 Å². The molecule has 0 unspecified atom stereocenters. The van der Waals surface area contributed by atoms with Gasteiger partial charge >= 0.3 is 6.09 Å². The third kappa shape index (κ3) is 10.00. The number of ether oxygens (including phenoxy) is 2. The summed E-state index contributed by atoms with van der Waals surface area (Å²) in [6, 6.07) is 30.7. The van der Waals surface area contributed by atoms with Crippen molar-refractivity contribution in [1.29, 1.82) is 0 Å². The van der Waals surface area contributed by atoms with Crippen LogP contribution in [0.15, 0.2) is 102 Å². The smallest absolute Gasteiger partial charge is 0.411 e. The van der Waals surface area contributed by atoms with Crippen LogP contribution in [0, 0.1) is 0 Å². The topological polar surface area (TPSA) is 159 Å². The van der Waals surface area contributed by atoms with Gasteiger partial charge in [0.05, 0.1) is 23.9 Å². The maximum Gasteiger partial charge on any atom is 0.411 e. The summed E-state index contributed by atoms with van der Waals surface area (Å²) < 4.78 is 11.8. The second-order valence-corrected chi connectivity index (χ2v) is 13.5. The lowest BCUT2D eigenvalue weighted by Crippen LogP contribution is -2.32. The van der Waals surface area contributed by atoms with Gasteiger partial charge in [-0.1, -0.05) is 60.7 Å². The van der Waals surface area contributed by atoms with E-state index in [1.807, 2.05) is 60.7 Å². The fourth-order valence-electron chi connectivity index (χ4n) is 6.72. The van der Waals surface area contributed by atoms with Crippen molar-refractivity contribution in [3.8, 4) is 22.6 Å². The number of amides is 1. The van der Waals surface area contributed by atoms with E-state index in [0.717, 1.165) is 85.1 Å². The van der Waals surface area contributed by atoms with Crippen molar-refractivity contribution < 1.29 is 24.5 Å². The molecule has 0 bridgehead atoms. The van der Waals surface area contributed by atoms with Crippen LogP contribution in [0.25, 0.3) is 22.0 Å². The summed E-state index contributed by atoms with van der Waals surface area (Å²) in [5.41, 5.74) is 11.7. The number of hydrogen-bond acceptors (Lipinski definition) is 8. The number of aromatic hydroxyl groups is 1. The number of aliphatic hydroxyl groups is 1. The third-order valence-corrected chi connectivity index (χ3v) is 9.64. The molecule has 0 saturated heterocycles. The molecule has 1 amide bonds. The molecule has 1 saturated carbocycles. The first-order chi connectivity index (χ1) is 25.3. The van der Waals surface area contributed by atoms with Crippen molar-refractivity contribution in [3.63, 3.8) is 0 Å². The summed E-state index contributed by atoms with van der Waals surface area (Å²) in [5.74, 6) is 0.792. The van der Waals surface area contributed by atoms with Gasteiger partial charge in [-0.2, -0.15) is 0 Å². The Balaban J connectivity index is 0.928. The Morgan fingerprint density at radius 3 is 2.44 bits per heavy atom. The van der Waals surface area contributed by atoms with Crippen molar-refractivity contribution >= 4 is 22.7 Å².